The summed E-state index contributed by atoms with van der Waals surface area (Å²) < 4.78 is 0. The highest BCUT2D eigenvalue weighted by molar-refractivity contribution is 5.52. The van der Waals surface area contributed by atoms with E-state index in [4.69, 9.17) is 5.11 Å². The fourth-order valence-corrected chi connectivity index (χ4v) is 1.08. The monoisotopic (exact) mass is 195 g/mol. The molecule has 14 heavy (non-hydrogen) atoms. The highest BCUT2D eigenvalue weighted by Gasteiger charge is 2.15. The van der Waals surface area contributed by atoms with Crippen molar-refractivity contribution in [2.75, 3.05) is 24.3 Å². The van der Waals surface area contributed by atoms with E-state index in [1.54, 1.807) is 6.20 Å². The number of aliphatic hydroxyl groups excluding tert-OH is 1. The van der Waals surface area contributed by atoms with Gasteiger partial charge in [-0.05, 0) is 19.9 Å². The second-order valence-electron chi connectivity index (χ2n) is 3.85. The maximum absolute atomic E-state index is 9.09. The summed E-state index contributed by atoms with van der Waals surface area (Å²) in [6.07, 6.45) is 1.72. The third-order valence-corrected chi connectivity index (χ3v) is 1.89. The summed E-state index contributed by atoms with van der Waals surface area (Å²) in [5.41, 5.74) is 0.634. The Hall–Kier alpha value is -1.29. The van der Waals surface area contributed by atoms with Crippen LogP contribution in [0.15, 0.2) is 18.3 Å². The fraction of sp³-hybridized carbons (Fsp3) is 0.500. The van der Waals surface area contributed by atoms with Crippen LogP contribution in [0, 0.1) is 0 Å². The summed E-state index contributed by atoms with van der Waals surface area (Å²) in [7, 11) is 1.82. The van der Waals surface area contributed by atoms with Gasteiger partial charge in [0.1, 0.15) is 5.82 Å². The lowest BCUT2D eigenvalue weighted by molar-refractivity contribution is 0.234. The molecule has 1 aromatic heterocycles. The highest BCUT2D eigenvalue weighted by atomic mass is 16.3. The molecule has 0 aliphatic carbocycles. The van der Waals surface area contributed by atoms with Crippen LogP contribution in [-0.4, -0.2) is 29.3 Å². The summed E-state index contributed by atoms with van der Waals surface area (Å²) in [6, 6.07) is 3.77. The molecule has 0 fully saturated rings. The van der Waals surface area contributed by atoms with Gasteiger partial charge in [0.25, 0.3) is 0 Å². The Kier molecular flexibility index (Phi) is 3.30. The topological polar surface area (TPSA) is 57.2 Å². The van der Waals surface area contributed by atoms with Crippen LogP contribution in [0.1, 0.15) is 13.8 Å². The van der Waals surface area contributed by atoms with Crippen LogP contribution in [0.3, 0.4) is 0 Å². The van der Waals surface area contributed by atoms with E-state index < -0.39 is 0 Å². The van der Waals surface area contributed by atoms with Gasteiger partial charge in [0.2, 0.25) is 0 Å². The quantitative estimate of drug-likeness (QED) is 0.678. The van der Waals surface area contributed by atoms with Gasteiger partial charge in [0.05, 0.1) is 12.1 Å². The Balaban J connectivity index is 2.76. The first kappa shape index (κ1) is 10.8. The number of hydrogen-bond donors (Lipinski definition) is 3. The number of rotatable bonds is 4. The van der Waals surface area contributed by atoms with Crippen LogP contribution in [0.2, 0.25) is 0 Å². The minimum atomic E-state index is -0.313. The van der Waals surface area contributed by atoms with Crippen molar-refractivity contribution >= 4 is 11.5 Å². The van der Waals surface area contributed by atoms with E-state index in [0.29, 0.717) is 0 Å². The van der Waals surface area contributed by atoms with Gasteiger partial charge in [-0.2, -0.15) is 0 Å². The van der Waals surface area contributed by atoms with Crippen LogP contribution in [0.5, 0.6) is 0 Å². The molecule has 3 N–H and O–H groups in total. The summed E-state index contributed by atoms with van der Waals surface area (Å²) in [6.45, 7) is 3.96. The smallest absolute Gasteiger partial charge is 0.127 e. The van der Waals surface area contributed by atoms with Gasteiger partial charge in [-0.3, -0.25) is 0 Å². The van der Waals surface area contributed by atoms with Crippen LogP contribution in [0.25, 0.3) is 0 Å². The van der Waals surface area contributed by atoms with Crippen molar-refractivity contribution in [2.45, 2.75) is 19.4 Å². The molecule has 0 aliphatic heterocycles. The third kappa shape index (κ3) is 2.88. The Morgan fingerprint density at radius 1 is 1.50 bits per heavy atom. The van der Waals surface area contributed by atoms with Crippen molar-refractivity contribution in [1.29, 1.82) is 0 Å². The number of aliphatic hydroxyl groups is 1. The lowest BCUT2D eigenvalue weighted by Gasteiger charge is -2.24. The number of nitrogens with one attached hydrogen (secondary N) is 2. The molecule has 0 saturated carbocycles. The molecule has 0 atom stereocenters. The van der Waals surface area contributed by atoms with Crippen LogP contribution < -0.4 is 10.6 Å². The molecular weight excluding hydrogens is 178 g/mol. The van der Waals surface area contributed by atoms with Crippen LogP contribution >= 0.6 is 0 Å². The van der Waals surface area contributed by atoms with E-state index in [0.717, 1.165) is 11.5 Å². The lowest BCUT2D eigenvalue weighted by Crippen LogP contribution is -2.34. The molecule has 4 heteroatoms. The van der Waals surface area contributed by atoms with E-state index in [1.165, 1.54) is 0 Å². The first-order valence-corrected chi connectivity index (χ1v) is 4.60. The average Bonchev–Trinajstić information content (AvgIpc) is 2.17. The molecule has 4 nitrogen and oxygen atoms in total. The molecule has 1 heterocycles. The van der Waals surface area contributed by atoms with Gasteiger partial charge in [0, 0.05) is 25.0 Å². The van der Waals surface area contributed by atoms with Crippen molar-refractivity contribution in [1.82, 2.24) is 4.98 Å². The van der Waals surface area contributed by atoms with Gasteiger partial charge >= 0.3 is 0 Å². The van der Waals surface area contributed by atoms with Crippen molar-refractivity contribution in [3.63, 3.8) is 0 Å². The van der Waals surface area contributed by atoms with E-state index in [-0.39, 0.29) is 12.1 Å². The molecule has 0 unspecified atom stereocenters. The number of nitrogens with zero attached hydrogens (tertiary/aromatic N) is 1. The van der Waals surface area contributed by atoms with E-state index in [1.807, 2.05) is 33.0 Å². The molecule has 0 amide bonds. The first-order chi connectivity index (χ1) is 6.57. The van der Waals surface area contributed by atoms with Crippen molar-refractivity contribution in [3.8, 4) is 0 Å². The Bertz CT molecular complexity index is 299. The van der Waals surface area contributed by atoms with Gasteiger partial charge < -0.3 is 15.7 Å². The van der Waals surface area contributed by atoms with Crippen LogP contribution in [0.4, 0.5) is 11.5 Å². The number of aromatic nitrogens is 1. The number of anilines is 2. The molecule has 1 aromatic rings. The summed E-state index contributed by atoms with van der Waals surface area (Å²) in [4.78, 5) is 4.10. The van der Waals surface area contributed by atoms with Gasteiger partial charge in [-0.25, -0.2) is 4.98 Å². The molecule has 0 aromatic carbocycles. The fourth-order valence-electron chi connectivity index (χ4n) is 1.08. The van der Waals surface area contributed by atoms with E-state index >= 15 is 0 Å². The van der Waals surface area contributed by atoms with Gasteiger partial charge in [-0.15, -0.1) is 0 Å². The van der Waals surface area contributed by atoms with Crippen LogP contribution in [-0.2, 0) is 0 Å². The normalized spacial score (nSPS) is 11.1. The van der Waals surface area contributed by atoms with E-state index in [2.05, 4.69) is 15.6 Å². The number of pyridine rings is 1. The second kappa shape index (κ2) is 4.28. The zero-order valence-electron chi connectivity index (χ0n) is 8.83. The summed E-state index contributed by atoms with van der Waals surface area (Å²) >= 11 is 0. The second-order valence-corrected chi connectivity index (χ2v) is 3.85. The van der Waals surface area contributed by atoms with E-state index in [9.17, 15) is 0 Å². The van der Waals surface area contributed by atoms with Crippen molar-refractivity contribution < 1.29 is 5.11 Å². The average molecular weight is 195 g/mol. The largest absolute Gasteiger partial charge is 0.394 e. The predicted molar refractivity (Wildman–Crippen MR) is 58.6 cm³/mol. The predicted octanol–water partition coefficient (Wildman–Crippen LogP) is 1.31. The molecule has 0 bridgehead atoms. The minimum Gasteiger partial charge on any atom is -0.394 e. The standard InChI is InChI=1S/C10H17N3O/c1-10(2,7-14)13-8-4-5-12-9(6-8)11-3/h4-6,14H,7H2,1-3H3,(H2,11,12,13). The Labute approximate surface area is 84.4 Å². The maximum Gasteiger partial charge on any atom is 0.127 e. The molecule has 0 aliphatic rings. The summed E-state index contributed by atoms with van der Waals surface area (Å²) in [5.74, 6) is 0.809. The Morgan fingerprint density at radius 3 is 2.79 bits per heavy atom. The number of hydrogen-bond acceptors (Lipinski definition) is 4. The molecular formula is C10H17N3O. The molecule has 0 spiro atoms. The molecule has 1 rings (SSSR count). The summed E-state index contributed by atoms with van der Waals surface area (Å²) in [5, 5.41) is 15.3. The zero-order valence-corrected chi connectivity index (χ0v) is 8.83. The zero-order chi connectivity index (χ0) is 10.6. The first-order valence-electron chi connectivity index (χ1n) is 4.60. The van der Waals surface area contributed by atoms with Gasteiger partial charge in [-0.1, -0.05) is 0 Å². The Morgan fingerprint density at radius 2 is 2.21 bits per heavy atom. The van der Waals surface area contributed by atoms with Crippen molar-refractivity contribution in [2.24, 2.45) is 0 Å². The molecule has 78 valence electrons. The molecule has 0 saturated heterocycles. The SMILES string of the molecule is CNc1cc(NC(C)(C)CO)ccn1. The van der Waals surface area contributed by atoms with Crippen molar-refractivity contribution in [3.05, 3.63) is 18.3 Å². The molecule has 0 radical (unpaired) electrons. The minimum absolute atomic E-state index is 0.0875. The maximum atomic E-state index is 9.09. The third-order valence-electron chi connectivity index (χ3n) is 1.89. The lowest BCUT2D eigenvalue weighted by atomic mass is 10.1. The highest BCUT2D eigenvalue weighted by Crippen LogP contribution is 2.16. The van der Waals surface area contributed by atoms with Gasteiger partial charge in [0.15, 0.2) is 0 Å².